The Morgan fingerprint density at radius 3 is 2.61 bits per heavy atom. The predicted octanol–water partition coefficient (Wildman–Crippen LogP) is 3.59. The lowest BCUT2D eigenvalue weighted by molar-refractivity contribution is -0.134. The molecule has 0 saturated carbocycles. The van der Waals surface area contributed by atoms with E-state index in [0.29, 0.717) is 36.7 Å². The summed E-state index contributed by atoms with van der Waals surface area (Å²) in [5.74, 6) is 1.08. The van der Waals surface area contributed by atoms with Crippen molar-refractivity contribution in [3.05, 3.63) is 54.0 Å². The van der Waals surface area contributed by atoms with Crippen LogP contribution < -0.4 is 4.74 Å². The molecule has 1 fully saturated rings. The van der Waals surface area contributed by atoms with Crippen molar-refractivity contribution in [1.82, 2.24) is 9.80 Å². The van der Waals surface area contributed by atoms with Gasteiger partial charge in [0.1, 0.15) is 18.1 Å². The zero-order chi connectivity index (χ0) is 22.2. The molecule has 2 heterocycles. The molecule has 0 N–H and O–H groups in total. The van der Waals surface area contributed by atoms with Gasteiger partial charge in [-0.05, 0) is 43.0 Å². The number of hydrogen-bond donors (Lipinski definition) is 0. The number of benzene rings is 1. The van der Waals surface area contributed by atoms with Gasteiger partial charge in [-0.3, -0.25) is 9.59 Å². The van der Waals surface area contributed by atoms with Gasteiger partial charge in [0, 0.05) is 19.7 Å². The van der Waals surface area contributed by atoms with E-state index in [1.807, 2.05) is 26.0 Å². The maximum Gasteiger partial charge on any atom is 0.258 e. The number of amides is 2. The maximum atomic E-state index is 13.3. The van der Waals surface area contributed by atoms with Crippen molar-refractivity contribution >= 4 is 11.8 Å². The van der Waals surface area contributed by atoms with Gasteiger partial charge >= 0.3 is 0 Å². The normalized spacial score (nSPS) is 15.8. The van der Waals surface area contributed by atoms with Crippen LogP contribution in [0.4, 0.5) is 0 Å². The SMILES string of the molecule is COc1ccccc1C(=O)N(CC(=O)N(Cc1ccco1)C[C@H]1CCCO1)CC(C)C. The molecule has 0 bridgehead atoms. The van der Waals surface area contributed by atoms with Gasteiger partial charge in [0.05, 0.1) is 31.6 Å². The number of hydrogen-bond acceptors (Lipinski definition) is 5. The highest BCUT2D eigenvalue weighted by molar-refractivity contribution is 5.98. The number of carbonyl (C=O) groups is 2. The quantitative estimate of drug-likeness (QED) is 0.578. The number of methoxy groups -OCH3 is 1. The first-order valence-electron chi connectivity index (χ1n) is 10.8. The highest BCUT2D eigenvalue weighted by Gasteiger charge is 2.28. The van der Waals surface area contributed by atoms with Crippen LogP contribution >= 0.6 is 0 Å². The van der Waals surface area contributed by atoms with E-state index in [2.05, 4.69) is 0 Å². The van der Waals surface area contributed by atoms with Crippen molar-refractivity contribution in [3.8, 4) is 5.75 Å². The Hall–Kier alpha value is -2.80. The van der Waals surface area contributed by atoms with Crippen LogP contribution in [0.25, 0.3) is 0 Å². The smallest absolute Gasteiger partial charge is 0.258 e. The Bertz CT molecular complexity index is 843. The lowest BCUT2D eigenvalue weighted by Crippen LogP contribution is -2.46. The lowest BCUT2D eigenvalue weighted by Gasteiger charge is -2.30. The van der Waals surface area contributed by atoms with E-state index < -0.39 is 0 Å². The van der Waals surface area contributed by atoms with Crippen LogP contribution in [0.2, 0.25) is 0 Å². The van der Waals surface area contributed by atoms with Crippen LogP contribution in [0.1, 0.15) is 42.8 Å². The van der Waals surface area contributed by atoms with Crippen molar-refractivity contribution in [2.75, 3.05) is 33.4 Å². The summed E-state index contributed by atoms with van der Waals surface area (Å²) in [6, 6.07) is 10.8. The van der Waals surface area contributed by atoms with Gasteiger partial charge in [-0.2, -0.15) is 0 Å². The fourth-order valence-electron chi connectivity index (χ4n) is 3.79. The third kappa shape index (κ3) is 6.34. The Morgan fingerprint density at radius 1 is 1.16 bits per heavy atom. The number of ether oxygens (including phenoxy) is 2. The molecule has 0 aliphatic carbocycles. The van der Waals surface area contributed by atoms with Crippen LogP contribution in [0.5, 0.6) is 5.75 Å². The summed E-state index contributed by atoms with van der Waals surface area (Å²) in [7, 11) is 1.54. The molecule has 1 saturated heterocycles. The third-order valence-electron chi connectivity index (χ3n) is 5.26. The second kappa shape index (κ2) is 11.0. The zero-order valence-corrected chi connectivity index (χ0v) is 18.6. The second-order valence-corrected chi connectivity index (χ2v) is 8.27. The molecule has 2 amide bonds. The lowest BCUT2D eigenvalue weighted by atomic mass is 10.1. The van der Waals surface area contributed by atoms with Crippen LogP contribution in [0.3, 0.4) is 0 Å². The molecule has 31 heavy (non-hydrogen) atoms. The van der Waals surface area contributed by atoms with E-state index in [1.54, 1.807) is 40.3 Å². The molecular weight excluding hydrogens is 396 g/mol. The Balaban J connectivity index is 1.78. The largest absolute Gasteiger partial charge is 0.496 e. The molecule has 0 unspecified atom stereocenters. The van der Waals surface area contributed by atoms with Crippen molar-refractivity contribution < 1.29 is 23.5 Å². The maximum absolute atomic E-state index is 13.3. The van der Waals surface area contributed by atoms with Crippen molar-refractivity contribution in [3.63, 3.8) is 0 Å². The van der Waals surface area contributed by atoms with Gasteiger partial charge in [-0.15, -0.1) is 0 Å². The first-order valence-corrected chi connectivity index (χ1v) is 10.8. The standard InChI is InChI=1S/C24H32N2O5/c1-18(2)14-26(24(28)21-10-4-5-11-22(21)29-3)17-23(27)25(15-19-8-6-12-30-19)16-20-9-7-13-31-20/h4-6,8,10-12,18,20H,7,9,13-17H2,1-3H3/t20-/m1/s1. The molecule has 7 nitrogen and oxygen atoms in total. The Kier molecular flexibility index (Phi) is 8.12. The monoisotopic (exact) mass is 428 g/mol. The summed E-state index contributed by atoms with van der Waals surface area (Å²) in [5, 5.41) is 0. The number of nitrogens with zero attached hydrogens (tertiary/aromatic N) is 2. The fraction of sp³-hybridized carbons (Fsp3) is 0.500. The number of rotatable bonds is 10. The summed E-state index contributed by atoms with van der Waals surface area (Å²) in [6.07, 6.45) is 3.54. The van der Waals surface area contributed by atoms with Gasteiger partial charge < -0.3 is 23.7 Å². The first-order chi connectivity index (χ1) is 15.0. The van der Waals surface area contributed by atoms with Crippen molar-refractivity contribution in [1.29, 1.82) is 0 Å². The molecule has 1 aliphatic heterocycles. The molecule has 7 heteroatoms. The average Bonchev–Trinajstić information content (AvgIpc) is 3.46. The van der Waals surface area contributed by atoms with Crippen LogP contribution in [-0.4, -0.2) is 61.1 Å². The van der Waals surface area contributed by atoms with Crippen molar-refractivity contribution in [2.24, 2.45) is 5.92 Å². The summed E-state index contributed by atoms with van der Waals surface area (Å²) in [4.78, 5) is 30.0. The highest BCUT2D eigenvalue weighted by Crippen LogP contribution is 2.21. The molecule has 1 atom stereocenters. The number of carbonyl (C=O) groups excluding carboxylic acids is 2. The van der Waals surface area contributed by atoms with Crippen LogP contribution in [0.15, 0.2) is 47.1 Å². The molecule has 2 aromatic rings. The molecule has 0 radical (unpaired) electrons. The number of para-hydroxylation sites is 1. The van der Waals surface area contributed by atoms with E-state index >= 15 is 0 Å². The van der Waals surface area contributed by atoms with Gasteiger partial charge in [0.15, 0.2) is 0 Å². The minimum Gasteiger partial charge on any atom is -0.496 e. The summed E-state index contributed by atoms with van der Waals surface area (Å²) in [5.41, 5.74) is 0.454. The minimum atomic E-state index is -0.213. The van der Waals surface area contributed by atoms with E-state index in [1.165, 1.54) is 7.11 Å². The highest BCUT2D eigenvalue weighted by atomic mass is 16.5. The molecule has 1 aromatic carbocycles. The van der Waals surface area contributed by atoms with Gasteiger partial charge in [0.2, 0.25) is 5.91 Å². The second-order valence-electron chi connectivity index (χ2n) is 8.27. The van der Waals surface area contributed by atoms with Crippen LogP contribution in [-0.2, 0) is 16.1 Å². The number of furan rings is 1. The van der Waals surface area contributed by atoms with Crippen molar-refractivity contribution in [2.45, 2.75) is 39.3 Å². The molecule has 1 aliphatic rings. The summed E-state index contributed by atoms with van der Waals surface area (Å²) < 4.78 is 16.6. The molecule has 0 spiro atoms. The van der Waals surface area contributed by atoms with Gasteiger partial charge in [-0.25, -0.2) is 0 Å². The van der Waals surface area contributed by atoms with Crippen LogP contribution in [0, 0.1) is 5.92 Å². The molecule has 168 valence electrons. The van der Waals surface area contributed by atoms with E-state index in [0.717, 1.165) is 19.4 Å². The van der Waals surface area contributed by atoms with Gasteiger partial charge in [-0.1, -0.05) is 26.0 Å². The minimum absolute atomic E-state index is 0.0114. The Morgan fingerprint density at radius 2 is 1.97 bits per heavy atom. The average molecular weight is 429 g/mol. The summed E-state index contributed by atoms with van der Waals surface area (Å²) >= 11 is 0. The zero-order valence-electron chi connectivity index (χ0n) is 18.6. The predicted molar refractivity (Wildman–Crippen MR) is 117 cm³/mol. The Labute approximate surface area is 183 Å². The fourth-order valence-corrected chi connectivity index (χ4v) is 3.79. The van der Waals surface area contributed by atoms with Gasteiger partial charge in [0.25, 0.3) is 5.91 Å². The van der Waals surface area contributed by atoms with E-state index in [9.17, 15) is 9.59 Å². The summed E-state index contributed by atoms with van der Waals surface area (Å²) in [6.45, 7) is 6.07. The molecule has 1 aromatic heterocycles. The first kappa shape index (κ1) is 22.9. The van der Waals surface area contributed by atoms with E-state index in [4.69, 9.17) is 13.9 Å². The molecular formula is C24H32N2O5. The van der Waals surface area contributed by atoms with E-state index in [-0.39, 0.29) is 30.4 Å². The topological polar surface area (TPSA) is 72.2 Å². The molecule has 3 rings (SSSR count). The third-order valence-corrected chi connectivity index (χ3v) is 5.26.